The van der Waals surface area contributed by atoms with E-state index in [1.54, 1.807) is 7.11 Å². The maximum absolute atomic E-state index is 5.06. The van der Waals surface area contributed by atoms with Crippen LogP contribution in [0.25, 0.3) is 0 Å². The van der Waals surface area contributed by atoms with E-state index in [-0.39, 0.29) is 0 Å². The highest BCUT2D eigenvalue weighted by molar-refractivity contribution is 5.18. The third kappa shape index (κ3) is 2.40. The third-order valence-corrected chi connectivity index (χ3v) is 3.32. The van der Waals surface area contributed by atoms with Crippen LogP contribution in [-0.4, -0.2) is 23.7 Å². The summed E-state index contributed by atoms with van der Waals surface area (Å²) in [6.07, 6.45) is 5.83. The molecule has 3 heteroatoms. The number of aryl methyl sites for hydroxylation is 1. The van der Waals surface area contributed by atoms with Crippen LogP contribution in [0.4, 0.5) is 0 Å². The highest BCUT2D eigenvalue weighted by Gasteiger charge is 2.20. The van der Waals surface area contributed by atoms with Crippen LogP contribution in [0.1, 0.15) is 37.0 Å². The van der Waals surface area contributed by atoms with Crippen molar-refractivity contribution in [2.45, 2.75) is 39.0 Å². The molecule has 84 valence electrons. The Morgan fingerprint density at radius 3 is 3.13 bits per heavy atom. The number of aromatic nitrogens is 2. The number of hydrogen-bond donors (Lipinski definition) is 1. The molecule has 0 saturated carbocycles. The van der Waals surface area contributed by atoms with Crippen molar-refractivity contribution in [1.29, 1.82) is 0 Å². The van der Waals surface area contributed by atoms with Crippen molar-refractivity contribution in [1.82, 2.24) is 9.97 Å². The van der Waals surface area contributed by atoms with Crippen LogP contribution >= 0.6 is 0 Å². The number of hydrogen-bond acceptors (Lipinski definition) is 2. The van der Waals surface area contributed by atoms with Crippen LogP contribution in [0.3, 0.4) is 0 Å². The van der Waals surface area contributed by atoms with E-state index in [4.69, 9.17) is 4.74 Å². The quantitative estimate of drug-likeness (QED) is 0.823. The predicted octanol–water partition coefficient (Wildman–Crippen LogP) is 2.11. The van der Waals surface area contributed by atoms with Gasteiger partial charge in [-0.25, -0.2) is 4.98 Å². The molecule has 0 amide bonds. The lowest BCUT2D eigenvalue weighted by atomic mass is 9.88. The van der Waals surface area contributed by atoms with Crippen molar-refractivity contribution >= 4 is 0 Å². The third-order valence-electron chi connectivity index (χ3n) is 3.32. The summed E-state index contributed by atoms with van der Waals surface area (Å²) in [5, 5.41) is 0. The van der Waals surface area contributed by atoms with Crippen molar-refractivity contribution in [3.05, 3.63) is 17.2 Å². The smallest absolute Gasteiger partial charge is 0.108 e. The van der Waals surface area contributed by atoms with Gasteiger partial charge in [0.2, 0.25) is 0 Å². The van der Waals surface area contributed by atoms with Crippen LogP contribution in [0.15, 0.2) is 0 Å². The molecule has 1 aromatic rings. The first-order valence-electron chi connectivity index (χ1n) is 5.89. The lowest BCUT2D eigenvalue weighted by Crippen LogP contribution is -2.12. The van der Waals surface area contributed by atoms with Gasteiger partial charge in [0.25, 0.3) is 0 Å². The summed E-state index contributed by atoms with van der Waals surface area (Å²) in [5.74, 6) is 1.95. The minimum atomic E-state index is 0.754. The molecule has 0 saturated heterocycles. The Balaban J connectivity index is 2.04. The maximum atomic E-state index is 5.06. The summed E-state index contributed by atoms with van der Waals surface area (Å²) >= 11 is 0. The van der Waals surface area contributed by atoms with E-state index in [2.05, 4.69) is 16.9 Å². The number of fused-ring (bicyclic) bond motifs is 1. The molecule has 0 spiro atoms. The second-order valence-electron chi connectivity index (χ2n) is 4.37. The molecule has 0 radical (unpaired) electrons. The molecule has 2 rings (SSSR count). The predicted molar refractivity (Wildman–Crippen MR) is 60.0 cm³/mol. The Labute approximate surface area is 91.3 Å². The van der Waals surface area contributed by atoms with Gasteiger partial charge in [-0.3, -0.25) is 0 Å². The molecule has 0 aromatic carbocycles. The Morgan fingerprint density at radius 1 is 1.53 bits per heavy atom. The number of nitrogens with one attached hydrogen (secondary N) is 1. The maximum Gasteiger partial charge on any atom is 0.108 e. The van der Waals surface area contributed by atoms with E-state index in [0.717, 1.165) is 31.2 Å². The molecule has 15 heavy (non-hydrogen) atoms. The average Bonchev–Trinajstić information content (AvgIpc) is 2.67. The van der Waals surface area contributed by atoms with Crippen LogP contribution in [0.2, 0.25) is 0 Å². The van der Waals surface area contributed by atoms with Crippen molar-refractivity contribution in [3.8, 4) is 0 Å². The Morgan fingerprint density at radius 2 is 2.40 bits per heavy atom. The summed E-state index contributed by atoms with van der Waals surface area (Å²) in [5.41, 5.74) is 2.67. The molecule has 0 aliphatic heterocycles. The molecule has 1 aliphatic carbocycles. The highest BCUT2D eigenvalue weighted by Crippen LogP contribution is 2.25. The largest absolute Gasteiger partial charge is 0.384 e. The van der Waals surface area contributed by atoms with Crippen LogP contribution in [-0.2, 0) is 24.0 Å². The van der Waals surface area contributed by atoms with Gasteiger partial charge < -0.3 is 9.72 Å². The summed E-state index contributed by atoms with van der Waals surface area (Å²) in [4.78, 5) is 8.06. The molecule has 0 bridgehead atoms. The van der Waals surface area contributed by atoms with Gasteiger partial charge in [0, 0.05) is 19.2 Å². The van der Waals surface area contributed by atoms with Gasteiger partial charge in [0.05, 0.1) is 12.3 Å². The fourth-order valence-electron chi connectivity index (χ4n) is 2.28. The van der Waals surface area contributed by atoms with Gasteiger partial charge in [-0.15, -0.1) is 0 Å². The Kier molecular flexibility index (Phi) is 3.41. The fraction of sp³-hybridized carbons (Fsp3) is 0.750. The Bertz CT molecular complexity index is 319. The van der Waals surface area contributed by atoms with Crippen LogP contribution in [0, 0.1) is 5.92 Å². The normalized spacial score (nSPS) is 20.3. The molecular weight excluding hydrogens is 188 g/mol. The number of H-pyrrole nitrogens is 1. The minimum absolute atomic E-state index is 0.754. The lowest BCUT2D eigenvalue weighted by molar-refractivity contribution is 0.200. The second kappa shape index (κ2) is 4.79. The summed E-state index contributed by atoms with van der Waals surface area (Å²) < 4.78 is 5.06. The zero-order valence-corrected chi connectivity index (χ0v) is 9.68. The minimum Gasteiger partial charge on any atom is -0.384 e. The topological polar surface area (TPSA) is 37.9 Å². The van der Waals surface area contributed by atoms with Gasteiger partial charge in [-0.2, -0.15) is 0 Å². The standard InChI is InChI=1S/C12H20N2O/c1-3-9-4-5-10-11(8-9)14-12(13-10)6-7-15-2/h9H,3-8H2,1-2H3,(H,13,14). The van der Waals surface area contributed by atoms with E-state index in [1.165, 1.54) is 30.7 Å². The first-order valence-corrected chi connectivity index (χ1v) is 5.89. The van der Waals surface area contributed by atoms with Crippen LogP contribution in [0.5, 0.6) is 0 Å². The average molecular weight is 208 g/mol. The zero-order chi connectivity index (χ0) is 10.7. The van der Waals surface area contributed by atoms with Crippen LogP contribution < -0.4 is 0 Å². The van der Waals surface area contributed by atoms with Gasteiger partial charge >= 0.3 is 0 Å². The van der Waals surface area contributed by atoms with Crippen molar-refractivity contribution in [2.24, 2.45) is 5.92 Å². The monoisotopic (exact) mass is 208 g/mol. The summed E-state index contributed by atoms with van der Waals surface area (Å²) in [7, 11) is 1.73. The molecule has 3 nitrogen and oxygen atoms in total. The molecule has 1 aromatic heterocycles. The van der Waals surface area contributed by atoms with Gasteiger partial charge in [0.15, 0.2) is 0 Å². The van der Waals surface area contributed by atoms with E-state index in [0.29, 0.717) is 0 Å². The van der Waals surface area contributed by atoms with Gasteiger partial charge in [-0.1, -0.05) is 13.3 Å². The SMILES string of the molecule is CCC1CCc2nc(CCOC)[nH]c2C1. The second-order valence-corrected chi connectivity index (χ2v) is 4.37. The van der Waals surface area contributed by atoms with Crippen molar-refractivity contribution < 1.29 is 4.74 Å². The number of imidazole rings is 1. The molecule has 1 atom stereocenters. The summed E-state index contributed by atoms with van der Waals surface area (Å²) in [6, 6.07) is 0. The van der Waals surface area contributed by atoms with Gasteiger partial charge in [0.1, 0.15) is 5.82 Å². The van der Waals surface area contributed by atoms with Gasteiger partial charge in [-0.05, 0) is 25.2 Å². The van der Waals surface area contributed by atoms with E-state index >= 15 is 0 Å². The molecule has 1 aliphatic rings. The molecule has 0 fully saturated rings. The van der Waals surface area contributed by atoms with E-state index < -0.39 is 0 Å². The number of methoxy groups -OCH3 is 1. The molecule has 1 heterocycles. The van der Waals surface area contributed by atoms with E-state index in [1.807, 2.05) is 0 Å². The number of aromatic amines is 1. The number of rotatable bonds is 4. The van der Waals surface area contributed by atoms with Crippen molar-refractivity contribution in [2.75, 3.05) is 13.7 Å². The molecular formula is C12H20N2O. The van der Waals surface area contributed by atoms with Crippen molar-refractivity contribution in [3.63, 3.8) is 0 Å². The first kappa shape index (κ1) is 10.7. The number of nitrogens with zero attached hydrogens (tertiary/aromatic N) is 1. The van der Waals surface area contributed by atoms with E-state index in [9.17, 15) is 0 Å². The fourth-order valence-corrected chi connectivity index (χ4v) is 2.28. The number of ether oxygens (including phenoxy) is 1. The molecule has 1 unspecified atom stereocenters. The molecule has 1 N–H and O–H groups in total. The Hall–Kier alpha value is -0.830. The lowest BCUT2D eigenvalue weighted by Gasteiger charge is -2.19. The summed E-state index contributed by atoms with van der Waals surface area (Å²) in [6.45, 7) is 3.03. The zero-order valence-electron chi connectivity index (χ0n) is 9.68. The highest BCUT2D eigenvalue weighted by atomic mass is 16.5. The first-order chi connectivity index (χ1) is 7.33.